The van der Waals surface area contributed by atoms with Crippen LogP contribution in [0.3, 0.4) is 0 Å². The Labute approximate surface area is 103 Å². The summed E-state index contributed by atoms with van der Waals surface area (Å²) in [5.41, 5.74) is -0.382. The van der Waals surface area contributed by atoms with Crippen LogP contribution in [0.15, 0.2) is 18.2 Å². The van der Waals surface area contributed by atoms with Crippen molar-refractivity contribution < 1.29 is 18.8 Å². The number of ether oxygens (including phenoxy) is 1. The molecular weight excluding hydrogens is 243 g/mol. The summed E-state index contributed by atoms with van der Waals surface area (Å²) in [5, 5.41) is 13.2. The normalized spacial score (nSPS) is 11.7. The molecule has 0 spiro atoms. The Hall–Kier alpha value is -2.18. The van der Waals surface area contributed by atoms with Gasteiger partial charge < -0.3 is 10.1 Å². The number of nitrogens with zero attached hydrogens (tertiary/aromatic N) is 1. The molecule has 0 saturated heterocycles. The van der Waals surface area contributed by atoms with E-state index in [1.54, 1.807) is 6.92 Å². The minimum Gasteiger partial charge on any atom is -0.474 e. The molecule has 98 valence electrons. The number of amides is 1. The highest BCUT2D eigenvalue weighted by Crippen LogP contribution is 2.28. The maximum absolute atomic E-state index is 13.0. The minimum atomic E-state index is -0.939. The zero-order chi connectivity index (χ0) is 13.7. The highest BCUT2D eigenvalue weighted by molar-refractivity contribution is 5.80. The number of nitro groups is 1. The zero-order valence-electron chi connectivity index (χ0n) is 9.97. The lowest BCUT2D eigenvalue weighted by Crippen LogP contribution is -2.36. The van der Waals surface area contributed by atoms with Crippen LogP contribution in [0.1, 0.15) is 13.8 Å². The topological polar surface area (TPSA) is 81.5 Å². The lowest BCUT2D eigenvalue weighted by molar-refractivity contribution is -0.386. The van der Waals surface area contributed by atoms with Gasteiger partial charge in [0.25, 0.3) is 5.91 Å². The van der Waals surface area contributed by atoms with Crippen LogP contribution < -0.4 is 10.1 Å². The van der Waals surface area contributed by atoms with E-state index >= 15 is 0 Å². The van der Waals surface area contributed by atoms with Gasteiger partial charge in [0.05, 0.1) is 4.92 Å². The summed E-state index contributed by atoms with van der Waals surface area (Å²) in [6.07, 6.45) is -0.939. The predicted molar refractivity (Wildman–Crippen MR) is 61.8 cm³/mol. The van der Waals surface area contributed by atoms with Gasteiger partial charge >= 0.3 is 5.69 Å². The van der Waals surface area contributed by atoms with E-state index in [4.69, 9.17) is 4.74 Å². The summed E-state index contributed by atoms with van der Waals surface area (Å²) < 4.78 is 18.1. The van der Waals surface area contributed by atoms with Crippen LogP contribution in [0.25, 0.3) is 0 Å². The van der Waals surface area contributed by atoms with Gasteiger partial charge in [-0.15, -0.1) is 0 Å². The lowest BCUT2D eigenvalue weighted by Gasteiger charge is -2.13. The van der Waals surface area contributed by atoms with Gasteiger partial charge in [0.2, 0.25) is 5.75 Å². The number of hydrogen-bond acceptors (Lipinski definition) is 4. The van der Waals surface area contributed by atoms with Gasteiger partial charge in [0, 0.05) is 18.7 Å². The number of halogens is 1. The maximum Gasteiger partial charge on any atom is 0.311 e. The minimum absolute atomic E-state index is 0.265. The van der Waals surface area contributed by atoms with Crippen molar-refractivity contribution in [3.8, 4) is 5.75 Å². The van der Waals surface area contributed by atoms with Crippen LogP contribution in [0.4, 0.5) is 10.1 Å². The number of nitrogens with one attached hydrogen (secondary N) is 1. The third-order valence-electron chi connectivity index (χ3n) is 2.14. The molecule has 1 aromatic carbocycles. The van der Waals surface area contributed by atoms with E-state index in [2.05, 4.69) is 5.32 Å². The molecule has 0 bridgehead atoms. The maximum atomic E-state index is 13.0. The van der Waals surface area contributed by atoms with Gasteiger partial charge in [-0.3, -0.25) is 14.9 Å². The monoisotopic (exact) mass is 256 g/mol. The van der Waals surface area contributed by atoms with Crippen LogP contribution in [0.5, 0.6) is 5.75 Å². The molecule has 18 heavy (non-hydrogen) atoms. The molecule has 6 nitrogen and oxygen atoms in total. The van der Waals surface area contributed by atoms with Crippen LogP contribution >= 0.6 is 0 Å². The first-order valence-corrected chi connectivity index (χ1v) is 5.34. The second-order valence-corrected chi connectivity index (χ2v) is 3.52. The molecule has 0 heterocycles. The molecule has 0 aromatic heterocycles. The van der Waals surface area contributed by atoms with Crippen molar-refractivity contribution in [2.45, 2.75) is 20.0 Å². The number of hydrogen-bond donors (Lipinski definition) is 1. The number of benzene rings is 1. The summed E-state index contributed by atoms with van der Waals surface area (Å²) in [6, 6.07) is 2.84. The van der Waals surface area contributed by atoms with Crippen LogP contribution in [0.2, 0.25) is 0 Å². The molecule has 7 heteroatoms. The van der Waals surface area contributed by atoms with Crippen molar-refractivity contribution in [3.63, 3.8) is 0 Å². The second kappa shape index (κ2) is 5.95. The smallest absolute Gasteiger partial charge is 0.311 e. The number of rotatable bonds is 5. The second-order valence-electron chi connectivity index (χ2n) is 3.52. The number of carbonyl (C=O) groups is 1. The molecule has 0 fully saturated rings. The lowest BCUT2D eigenvalue weighted by atomic mass is 10.3. The number of carbonyl (C=O) groups excluding carboxylic acids is 1. The highest BCUT2D eigenvalue weighted by Gasteiger charge is 2.21. The molecular formula is C11H13FN2O4. The Morgan fingerprint density at radius 1 is 1.61 bits per heavy atom. The molecule has 1 aromatic rings. The Morgan fingerprint density at radius 3 is 2.83 bits per heavy atom. The highest BCUT2D eigenvalue weighted by atomic mass is 19.1. The molecule has 1 rings (SSSR count). The van der Waals surface area contributed by atoms with Crippen molar-refractivity contribution in [2.24, 2.45) is 0 Å². The van der Waals surface area contributed by atoms with E-state index in [-0.39, 0.29) is 11.4 Å². The Bertz CT molecular complexity index is 464. The van der Waals surface area contributed by atoms with Crippen molar-refractivity contribution in [1.29, 1.82) is 0 Å². The van der Waals surface area contributed by atoms with Crippen LogP contribution in [-0.4, -0.2) is 23.5 Å². The van der Waals surface area contributed by atoms with Crippen molar-refractivity contribution in [3.05, 3.63) is 34.1 Å². The standard InChI is InChI=1S/C11H13FN2O4/c1-3-13-11(15)7(2)18-10-6-8(12)4-5-9(10)14(16)17/h4-7H,3H2,1-2H3,(H,13,15)/t7-/m1/s1. The summed E-state index contributed by atoms with van der Waals surface area (Å²) in [5.74, 6) is -1.35. The van der Waals surface area contributed by atoms with Gasteiger partial charge in [-0.1, -0.05) is 0 Å². The fourth-order valence-electron chi connectivity index (χ4n) is 1.30. The van der Waals surface area contributed by atoms with E-state index in [1.165, 1.54) is 6.92 Å². The largest absolute Gasteiger partial charge is 0.474 e. The van der Waals surface area contributed by atoms with Crippen molar-refractivity contribution in [1.82, 2.24) is 5.32 Å². The van der Waals surface area contributed by atoms with E-state index < -0.39 is 22.8 Å². The van der Waals surface area contributed by atoms with Gasteiger partial charge in [-0.25, -0.2) is 4.39 Å². The molecule has 0 aliphatic carbocycles. The third-order valence-corrected chi connectivity index (χ3v) is 2.14. The summed E-state index contributed by atoms with van der Waals surface area (Å²) in [6.45, 7) is 3.58. The molecule has 1 amide bonds. The molecule has 1 N–H and O–H groups in total. The molecule has 0 unspecified atom stereocenters. The average molecular weight is 256 g/mol. The van der Waals surface area contributed by atoms with Crippen molar-refractivity contribution >= 4 is 11.6 Å². The third kappa shape index (κ3) is 3.41. The molecule has 0 radical (unpaired) electrons. The zero-order valence-corrected chi connectivity index (χ0v) is 9.97. The average Bonchev–Trinajstić information content (AvgIpc) is 2.28. The van der Waals surface area contributed by atoms with E-state index in [0.29, 0.717) is 6.54 Å². The molecule has 1 atom stereocenters. The SMILES string of the molecule is CCNC(=O)[C@@H](C)Oc1cc(F)ccc1[N+](=O)[O-]. The quantitative estimate of drug-likeness (QED) is 0.641. The summed E-state index contributed by atoms with van der Waals surface area (Å²) in [7, 11) is 0. The first kappa shape index (κ1) is 13.9. The van der Waals surface area contributed by atoms with Gasteiger partial charge in [-0.05, 0) is 19.9 Å². The van der Waals surface area contributed by atoms with E-state index in [9.17, 15) is 19.3 Å². The number of likely N-dealkylation sites (N-methyl/N-ethyl adjacent to an activating group) is 1. The first-order chi connectivity index (χ1) is 8.45. The fraction of sp³-hybridized carbons (Fsp3) is 0.364. The van der Waals surface area contributed by atoms with Crippen LogP contribution in [0, 0.1) is 15.9 Å². The Balaban J connectivity index is 2.92. The van der Waals surface area contributed by atoms with E-state index in [1.807, 2.05) is 0 Å². The van der Waals surface area contributed by atoms with Gasteiger partial charge in [-0.2, -0.15) is 0 Å². The first-order valence-electron chi connectivity index (χ1n) is 5.34. The van der Waals surface area contributed by atoms with E-state index in [0.717, 1.165) is 18.2 Å². The Kier molecular flexibility index (Phi) is 4.59. The fourth-order valence-corrected chi connectivity index (χ4v) is 1.30. The van der Waals surface area contributed by atoms with Gasteiger partial charge in [0.15, 0.2) is 6.10 Å². The molecule has 0 aliphatic rings. The summed E-state index contributed by atoms with van der Waals surface area (Å²) >= 11 is 0. The predicted octanol–water partition coefficient (Wildman–Crippen LogP) is 1.64. The van der Waals surface area contributed by atoms with Crippen LogP contribution in [-0.2, 0) is 4.79 Å². The molecule has 0 aliphatic heterocycles. The number of nitro benzene ring substituents is 1. The summed E-state index contributed by atoms with van der Waals surface area (Å²) in [4.78, 5) is 21.4. The Morgan fingerprint density at radius 2 is 2.28 bits per heavy atom. The molecule has 0 saturated carbocycles. The van der Waals surface area contributed by atoms with Crippen molar-refractivity contribution in [2.75, 3.05) is 6.54 Å². The van der Waals surface area contributed by atoms with Gasteiger partial charge in [0.1, 0.15) is 5.82 Å².